The van der Waals surface area contributed by atoms with Crippen molar-refractivity contribution >= 4 is 35.2 Å². The Hall–Kier alpha value is -3.71. The normalized spacial score (nSPS) is 12.8. The number of hydrogen-bond acceptors (Lipinski definition) is 6. The molecule has 0 aromatic heterocycles. The molecule has 7 nitrogen and oxygen atoms in total. The number of anilines is 1. The van der Waals surface area contributed by atoms with Gasteiger partial charge < -0.3 is 19.5 Å². The van der Waals surface area contributed by atoms with Crippen LogP contribution >= 0.6 is 11.6 Å². The van der Waals surface area contributed by atoms with E-state index < -0.39 is 41.5 Å². The van der Waals surface area contributed by atoms with Crippen molar-refractivity contribution in [1.82, 2.24) is 0 Å². The Bertz CT molecular complexity index is 1110. The van der Waals surface area contributed by atoms with Crippen LogP contribution < -0.4 is 14.8 Å². The average Bonchev–Trinajstić information content (AvgIpc) is 3.18. The second-order valence-electron chi connectivity index (χ2n) is 6.09. The molecule has 1 aliphatic heterocycles. The topological polar surface area (TPSA) is 97.7 Å². The van der Waals surface area contributed by atoms with E-state index in [9.17, 15) is 28.0 Å². The largest absolute Gasteiger partial charge is 0.454 e. The number of nitriles is 1. The standard InChI is InChI=1S/C20H12ClF3N2O5/c21-13-2-3-15(14(7-13)20(22,23)24)26-18(27)9-29-19(28)12(8-25)5-11-1-4-16-17(6-11)31-10-30-16/h1-7H,9-10H2,(H,26,27)/b12-5-. The summed E-state index contributed by atoms with van der Waals surface area (Å²) in [5.74, 6) is -1.21. The summed E-state index contributed by atoms with van der Waals surface area (Å²) in [5.41, 5.74) is -1.68. The molecule has 0 bridgehead atoms. The van der Waals surface area contributed by atoms with Gasteiger partial charge >= 0.3 is 12.1 Å². The smallest absolute Gasteiger partial charge is 0.418 e. The zero-order valence-corrected chi connectivity index (χ0v) is 16.2. The first-order valence-electron chi connectivity index (χ1n) is 8.52. The quantitative estimate of drug-likeness (QED) is 0.415. The Morgan fingerprint density at radius 1 is 1.19 bits per heavy atom. The van der Waals surface area contributed by atoms with Gasteiger partial charge in [0.25, 0.3) is 5.91 Å². The fraction of sp³-hybridized carbons (Fsp3) is 0.150. The molecule has 1 amide bonds. The van der Waals surface area contributed by atoms with Gasteiger partial charge in [-0.15, -0.1) is 0 Å². The Labute approximate surface area is 178 Å². The fourth-order valence-corrected chi connectivity index (χ4v) is 2.73. The number of nitrogens with zero attached hydrogens (tertiary/aromatic N) is 1. The van der Waals surface area contributed by atoms with Gasteiger partial charge in [0.2, 0.25) is 6.79 Å². The zero-order valence-electron chi connectivity index (χ0n) is 15.5. The van der Waals surface area contributed by atoms with Crippen molar-refractivity contribution < 1.29 is 37.0 Å². The molecule has 1 aliphatic rings. The van der Waals surface area contributed by atoms with Crippen molar-refractivity contribution in [3.63, 3.8) is 0 Å². The van der Waals surface area contributed by atoms with E-state index in [2.05, 4.69) is 0 Å². The number of alkyl halides is 3. The molecule has 0 fully saturated rings. The van der Waals surface area contributed by atoms with Crippen LogP contribution in [0.1, 0.15) is 11.1 Å². The summed E-state index contributed by atoms with van der Waals surface area (Å²) in [6.45, 7) is -0.854. The summed E-state index contributed by atoms with van der Waals surface area (Å²) >= 11 is 5.58. The molecule has 1 heterocycles. The molecular formula is C20H12ClF3N2O5. The number of rotatable bonds is 5. The van der Waals surface area contributed by atoms with Crippen molar-refractivity contribution in [2.75, 3.05) is 18.7 Å². The molecule has 2 aromatic rings. The number of carbonyl (C=O) groups is 2. The highest BCUT2D eigenvalue weighted by Crippen LogP contribution is 2.36. The summed E-state index contributed by atoms with van der Waals surface area (Å²) < 4.78 is 54.3. The zero-order chi connectivity index (χ0) is 22.6. The van der Waals surface area contributed by atoms with Crippen LogP contribution in [0.4, 0.5) is 18.9 Å². The molecule has 0 spiro atoms. The van der Waals surface area contributed by atoms with Gasteiger partial charge in [0, 0.05) is 5.02 Å². The Balaban J connectivity index is 1.65. The monoisotopic (exact) mass is 452 g/mol. The third kappa shape index (κ3) is 5.46. The van der Waals surface area contributed by atoms with Crippen molar-refractivity contribution in [1.29, 1.82) is 5.26 Å². The van der Waals surface area contributed by atoms with E-state index >= 15 is 0 Å². The van der Waals surface area contributed by atoms with Gasteiger partial charge in [-0.25, -0.2) is 4.79 Å². The minimum atomic E-state index is -4.76. The third-order valence-corrected chi connectivity index (χ3v) is 4.18. The van der Waals surface area contributed by atoms with E-state index in [-0.39, 0.29) is 11.8 Å². The van der Waals surface area contributed by atoms with Crippen LogP contribution in [0, 0.1) is 11.3 Å². The van der Waals surface area contributed by atoms with Crippen LogP contribution in [0.15, 0.2) is 42.0 Å². The first kappa shape index (κ1) is 22.0. The van der Waals surface area contributed by atoms with E-state index in [1.165, 1.54) is 12.1 Å². The number of esters is 1. The minimum absolute atomic E-state index is 0.0500. The summed E-state index contributed by atoms with van der Waals surface area (Å²) in [5, 5.41) is 11.0. The molecule has 2 aromatic carbocycles. The fourth-order valence-electron chi connectivity index (χ4n) is 2.56. The molecule has 3 rings (SSSR count). The molecule has 0 saturated carbocycles. The highest BCUT2D eigenvalue weighted by Gasteiger charge is 2.34. The lowest BCUT2D eigenvalue weighted by atomic mass is 10.1. The van der Waals surface area contributed by atoms with Crippen molar-refractivity contribution in [3.8, 4) is 17.6 Å². The van der Waals surface area contributed by atoms with E-state index in [0.29, 0.717) is 23.1 Å². The van der Waals surface area contributed by atoms with E-state index in [1.54, 1.807) is 24.3 Å². The lowest BCUT2D eigenvalue weighted by Gasteiger charge is -2.14. The molecular weight excluding hydrogens is 441 g/mol. The van der Waals surface area contributed by atoms with Gasteiger partial charge in [0.05, 0.1) is 11.3 Å². The molecule has 0 radical (unpaired) electrons. The maximum atomic E-state index is 13.1. The molecule has 160 valence electrons. The summed E-state index contributed by atoms with van der Waals surface area (Å²) in [4.78, 5) is 24.1. The highest BCUT2D eigenvalue weighted by atomic mass is 35.5. The Morgan fingerprint density at radius 2 is 1.94 bits per heavy atom. The van der Waals surface area contributed by atoms with Crippen molar-refractivity contribution in [2.45, 2.75) is 6.18 Å². The molecule has 0 unspecified atom stereocenters. The van der Waals surface area contributed by atoms with Crippen LogP contribution in [0.2, 0.25) is 5.02 Å². The average molecular weight is 453 g/mol. The number of fused-ring (bicyclic) bond motifs is 1. The number of halogens is 4. The van der Waals surface area contributed by atoms with Crippen LogP contribution in [0.25, 0.3) is 6.08 Å². The number of hydrogen-bond donors (Lipinski definition) is 1. The van der Waals surface area contributed by atoms with Crippen LogP contribution in [-0.4, -0.2) is 25.3 Å². The summed E-state index contributed by atoms with van der Waals surface area (Å²) in [6, 6.07) is 9.15. The minimum Gasteiger partial charge on any atom is -0.454 e. The van der Waals surface area contributed by atoms with E-state index in [0.717, 1.165) is 6.07 Å². The summed E-state index contributed by atoms with van der Waals surface area (Å²) in [7, 11) is 0. The maximum absolute atomic E-state index is 13.1. The van der Waals surface area contributed by atoms with Gasteiger partial charge in [0.15, 0.2) is 18.1 Å². The Kier molecular flexibility index (Phi) is 6.36. The molecule has 31 heavy (non-hydrogen) atoms. The highest BCUT2D eigenvalue weighted by molar-refractivity contribution is 6.30. The predicted molar refractivity (Wildman–Crippen MR) is 102 cm³/mol. The van der Waals surface area contributed by atoms with Crippen molar-refractivity contribution in [3.05, 3.63) is 58.1 Å². The van der Waals surface area contributed by atoms with Crippen LogP contribution in [0.5, 0.6) is 11.5 Å². The van der Waals surface area contributed by atoms with Crippen molar-refractivity contribution in [2.24, 2.45) is 0 Å². The molecule has 1 N–H and O–H groups in total. The first-order valence-corrected chi connectivity index (χ1v) is 8.90. The van der Waals surface area contributed by atoms with E-state index in [4.69, 9.17) is 25.8 Å². The first-order chi connectivity index (χ1) is 14.7. The molecule has 0 saturated heterocycles. The van der Waals surface area contributed by atoms with Gasteiger partial charge in [-0.1, -0.05) is 17.7 Å². The predicted octanol–water partition coefficient (Wildman–Crippen LogP) is 4.18. The van der Waals surface area contributed by atoms with Gasteiger partial charge in [-0.3, -0.25) is 4.79 Å². The van der Waals surface area contributed by atoms with Crippen LogP contribution in [0.3, 0.4) is 0 Å². The number of ether oxygens (including phenoxy) is 3. The number of amides is 1. The van der Waals surface area contributed by atoms with Gasteiger partial charge in [0.1, 0.15) is 11.6 Å². The SMILES string of the molecule is N#C/C(=C/c1ccc2c(c1)OCO2)C(=O)OCC(=O)Nc1ccc(Cl)cc1C(F)(F)F. The number of nitrogens with one attached hydrogen (secondary N) is 1. The number of benzene rings is 2. The van der Waals surface area contributed by atoms with Gasteiger partial charge in [-0.05, 0) is 42.0 Å². The maximum Gasteiger partial charge on any atom is 0.418 e. The van der Waals surface area contributed by atoms with Crippen LogP contribution in [-0.2, 0) is 20.5 Å². The van der Waals surface area contributed by atoms with Gasteiger partial charge in [-0.2, -0.15) is 18.4 Å². The molecule has 0 aliphatic carbocycles. The molecule has 0 atom stereocenters. The third-order valence-electron chi connectivity index (χ3n) is 3.94. The second kappa shape index (κ2) is 8.97. The lowest BCUT2D eigenvalue weighted by Crippen LogP contribution is -2.23. The second-order valence-corrected chi connectivity index (χ2v) is 6.53. The Morgan fingerprint density at radius 3 is 2.65 bits per heavy atom. The summed E-state index contributed by atoms with van der Waals surface area (Å²) in [6.07, 6.45) is -3.55. The molecule has 11 heteroatoms. The van der Waals surface area contributed by atoms with E-state index in [1.807, 2.05) is 5.32 Å². The lowest BCUT2D eigenvalue weighted by molar-refractivity contribution is -0.143. The number of carbonyl (C=O) groups excluding carboxylic acids is 2.